The van der Waals surface area contributed by atoms with E-state index in [0.29, 0.717) is 18.2 Å². The van der Waals surface area contributed by atoms with Gasteiger partial charge in [-0.3, -0.25) is 9.59 Å². The van der Waals surface area contributed by atoms with Crippen molar-refractivity contribution in [3.8, 4) is 5.75 Å². The van der Waals surface area contributed by atoms with E-state index in [-0.39, 0.29) is 18.4 Å². The Kier molecular flexibility index (Phi) is 8.05. The van der Waals surface area contributed by atoms with Crippen molar-refractivity contribution in [2.45, 2.75) is 39.3 Å². The van der Waals surface area contributed by atoms with E-state index in [4.69, 9.17) is 4.74 Å². The van der Waals surface area contributed by atoms with Crippen molar-refractivity contribution in [2.75, 3.05) is 13.7 Å². The summed E-state index contributed by atoms with van der Waals surface area (Å²) in [6, 6.07) is 14.8. The number of rotatable bonds is 8. The molecule has 0 heterocycles. The van der Waals surface area contributed by atoms with Gasteiger partial charge in [0.1, 0.15) is 11.8 Å². The lowest BCUT2D eigenvalue weighted by Gasteiger charge is -2.28. The van der Waals surface area contributed by atoms with Crippen LogP contribution in [-0.4, -0.2) is 36.4 Å². The van der Waals surface area contributed by atoms with Crippen molar-refractivity contribution < 1.29 is 14.3 Å². The lowest BCUT2D eigenvalue weighted by molar-refractivity contribution is -0.142. The van der Waals surface area contributed by atoms with Gasteiger partial charge in [0.15, 0.2) is 6.61 Å². The SMILES string of the molecule is CNC(=O)[C@@H](C)N(Cc1cccc(Br)c1)C(=O)COc1ccc(C(C)C)cc1. The van der Waals surface area contributed by atoms with Crippen molar-refractivity contribution in [1.82, 2.24) is 10.2 Å². The van der Waals surface area contributed by atoms with E-state index in [1.165, 1.54) is 10.5 Å². The topological polar surface area (TPSA) is 58.6 Å². The quantitative estimate of drug-likeness (QED) is 0.663. The first-order valence-corrected chi connectivity index (χ1v) is 10.1. The minimum atomic E-state index is -0.608. The molecule has 0 fully saturated rings. The molecule has 0 aliphatic heterocycles. The number of halogens is 1. The fourth-order valence-corrected chi connectivity index (χ4v) is 3.25. The Hall–Kier alpha value is -2.34. The van der Waals surface area contributed by atoms with Crippen LogP contribution < -0.4 is 10.1 Å². The Morgan fingerprint density at radius 2 is 1.79 bits per heavy atom. The number of carbonyl (C=O) groups excluding carboxylic acids is 2. The summed E-state index contributed by atoms with van der Waals surface area (Å²) in [6.07, 6.45) is 0. The number of nitrogens with zero attached hydrogens (tertiary/aromatic N) is 1. The summed E-state index contributed by atoms with van der Waals surface area (Å²) in [6.45, 7) is 6.16. The smallest absolute Gasteiger partial charge is 0.261 e. The van der Waals surface area contributed by atoms with Crippen LogP contribution in [0.15, 0.2) is 53.0 Å². The van der Waals surface area contributed by atoms with Crippen LogP contribution in [0.5, 0.6) is 5.75 Å². The maximum Gasteiger partial charge on any atom is 0.261 e. The lowest BCUT2D eigenvalue weighted by Crippen LogP contribution is -2.48. The van der Waals surface area contributed by atoms with E-state index in [1.54, 1.807) is 14.0 Å². The summed E-state index contributed by atoms with van der Waals surface area (Å²) >= 11 is 3.44. The largest absolute Gasteiger partial charge is 0.484 e. The van der Waals surface area contributed by atoms with E-state index >= 15 is 0 Å². The highest BCUT2D eigenvalue weighted by atomic mass is 79.9. The zero-order chi connectivity index (χ0) is 20.7. The van der Waals surface area contributed by atoms with E-state index in [9.17, 15) is 9.59 Å². The van der Waals surface area contributed by atoms with Crippen LogP contribution in [-0.2, 0) is 16.1 Å². The summed E-state index contributed by atoms with van der Waals surface area (Å²) in [5, 5.41) is 2.60. The molecule has 0 saturated heterocycles. The fraction of sp³-hybridized carbons (Fsp3) is 0.364. The maximum absolute atomic E-state index is 12.9. The number of ether oxygens (including phenoxy) is 1. The number of likely N-dealkylation sites (N-methyl/N-ethyl adjacent to an activating group) is 1. The van der Waals surface area contributed by atoms with E-state index in [0.717, 1.165) is 10.0 Å². The molecule has 2 rings (SSSR count). The first kappa shape index (κ1) is 22.0. The molecule has 0 aliphatic carbocycles. The second kappa shape index (κ2) is 10.3. The number of carbonyl (C=O) groups is 2. The third-order valence-electron chi connectivity index (χ3n) is 4.56. The van der Waals surface area contributed by atoms with Gasteiger partial charge in [0, 0.05) is 18.1 Å². The van der Waals surface area contributed by atoms with Gasteiger partial charge in [-0.05, 0) is 48.2 Å². The van der Waals surface area contributed by atoms with Crippen LogP contribution in [0.1, 0.15) is 37.8 Å². The molecule has 6 heteroatoms. The van der Waals surface area contributed by atoms with Crippen molar-refractivity contribution >= 4 is 27.7 Å². The van der Waals surface area contributed by atoms with Gasteiger partial charge in [-0.2, -0.15) is 0 Å². The highest BCUT2D eigenvalue weighted by Gasteiger charge is 2.25. The molecule has 0 aliphatic rings. The molecule has 0 bridgehead atoms. The lowest BCUT2D eigenvalue weighted by atomic mass is 10.0. The average molecular weight is 447 g/mol. The van der Waals surface area contributed by atoms with Crippen molar-refractivity contribution in [1.29, 1.82) is 0 Å². The number of benzene rings is 2. The zero-order valence-corrected chi connectivity index (χ0v) is 18.3. The Morgan fingerprint density at radius 1 is 1.11 bits per heavy atom. The van der Waals surface area contributed by atoms with Crippen molar-refractivity contribution in [3.05, 3.63) is 64.1 Å². The molecule has 1 N–H and O–H groups in total. The normalized spacial score (nSPS) is 11.8. The Morgan fingerprint density at radius 3 is 2.36 bits per heavy atom. The average Bonchev–Trinajstić information content (AvgIpc) is 2.69. The van der Waals surface area contributed by atoms with Gasteiger partial charge in [-0.1, -0.05) is 54.0 Å². The number of nitrogens with one attached hydrogen (secondary N) is 1. The fourth-order valence-electron chi connectivity index (χ4n) is 2.80. The molecular formula is C22H27BrN2O3. The van der Waals surface area contributed by atoms with Crippen LogP contribution in [0.3, 0.4) is 0 Å². The Balaban J connectivity index is 2.10. The standard InChI is InChI=1S/C22H27BrN2O3/c1-15(2)18-8-10-20(11-9-18)28-14-21(26)25(16(3)22(27)24-4)13-17-6-5-7-19(23)12-17/h5-12,15-16H,13-14H2,1-4H3,(H,24,27)/t16-/m1/s1. The summed E-state index contributed by atoms with van der Waals surface area (Å²) in [4.78, 5) is 26.5. The van der Waals surface area contributed by atoms with E-state index in [2.05, 4.69) is 35.1 Å². The molecule has 2 amide bonds. The van der Waals surface area contributed by atoms with Crippen LogP contribution in [0.4, 0.5) is 0 Å². The number of amides is 2. The Bertz CT molecular complexity index is 806. The molecule has 5 nitrogen and oxygen atoms in total. The van der Waals surface area contributed by atoms with Gasteiger partial charge in [-0.25, -0.2) is 0 Å². The Labute approximate surface area is 175 Å². The van der Waals surface area contributed by atoms with Gasteiger partial charge in [0.25, 0.3) is 5.91 Å². The molecule has 0 spiro atoms. The molecule has 150 valence electrons. The third kappa shape index (κ3) is 6.09. The zero-order valence-electron chi connectivity index (χ0n) is 16.7. The molecular weight excluding hydrogens is 420 g/mol. The molecule has 28 heavy (non-hydrogen) atoms. The predicted molar refractivity (Wildman–Crippen MR) is 114 cm³/mol. The van der Waals surface area contributed by atoms with Gasteiger partial charge < -0.3 is 15.0 Å². The second-order valence-corrected chi connectivity index (χ2v) is 7.87. The highest BCUT2D eigenvalue weighted by Crippen LogP contribution is 2.19. The monoisotopic (exact) mass is 446 g/mol. The molecule has 0 radical (unpaired) electrons. The van der Waals surface area contributed by atoms with Gasteiger partial charge in [-0.15, -0.1) is 0 Å². The molecule has 0 unspecified atom stereocenters. The van der Waals surface area contributed by atoms with Crippen LogP contribution in [0.2, 0.25) is 0 Å². The summed E-state index contributed by atoms with van der Waals surface area (Å²) in [5.74, 6) is 0.603. The van der Waals surface area contributed by atoms with Crippen molar-refractivity contribution in [3.63, 3.8) is 0 Å². The first-order valence-electron chi connectivity index (χ1n) is 9.30. The molecule has 1 atom stereocenters. The van der Waals surface area contributed by atoms with Gasteiger partial charge in [0.2, 0.25) is 5.91 Å². The highest BCUT2D eigenvalue weighted by molar-refractivity contribution is 9.10. The van der Waals surface area contributed by atoms with Gasteiger partial charge in [0.05, 0.1) is 0 Å². The molecule has 2 aromatic carbocycles. The van der Waals surface area contributed by atoms with E-state index < -0.39 is 6.04 Å². The van der Waals surface area contributed by atoms with Crippen molar-refractivity contribution in [2.24, 2.45) is 0 Å². The van der Waals surface area contributed by atoms with Crippen LogP contribution >= 0.6 is 15.9 Å². The first-order chi connectivity index (χ1) is 13.3. The third-order valence-corrected chi connectivity index (χ3v) is 5.06. The van der Waals surface area contributed by atoms with Crippen LogP contribution in [0, 0.1) is 0 Å². The number of hydrogen-bond donors (Lipinski definition) is 1. The summed E-state index contributed by atoms with van der Waals surface area (Å²) in [5.41, 5.74) is 2.14. The minimum absolute atomic E-state index is 0.129. The summed E-state index contributed by atoms with van der Waals surface area (Å²) in [7, 11) is 1.56. The minimum Gasteiger partial charge on any atom is -0.484 e. The molecule has 2 aromatic rings. The second-order valence-electron chi connectivity index (χ2n) is 6.95. The molecule has 0 aromatic heterocycles. The summed E-state index contributed by atoms with van der Waals surface area (Å²) < 4.78 is 6.60. The van der Waals surface area contributed by atoms with Crippen LogP contribution in [0.25, 0.3) is 0 Å². The van der Waals surface area contributed by atoms with E-state index in [1.807, 2.05) is 48.5 Å². The van der Waals surface area contributed by atoms with Gasteiger partial charge >= 0.3 is 0 Å². The maximum atomic E-state index is 12.9. The molecule has 0 saturated carbocycles. The number of hydrogen-bond acceptors (Lipinski definition) is 3. The predicted octanol–water partition coefficient (Wildman–Crippen LogP) is 4.11.